The standard InChI is InChI=1S/C17H24N2OS/c1-19(17(20)10-4-2-3-7-11-18)12-14-13-21-16-9-6-5-8-15(14)16/h5-6,8-9,13H,2-4,7,10-12,18H2,1H3. The van der Waals surface area contributed by atoms with E-state index in [4.69, 9.17) is 5.73 Å². The zero-order valence-electron chi connectivity index (χ0n) is 12.7. The van der Waals surface area contributed by atoms with E-state index >= 15 is 0 Å². The minimum Gasteiger partial charge on any atom is -0.341 e. The molecule has 0 radical (unpaired) electrons. The quantitative estimate of drug-likeness (QED) is 0.755. The van der Waals surface area contributed by atoms with Crippen molar-refractivity contribution in [3.05, 3.63) is 35.2 Å². The summed E-state index contributed by atoms with van der Waals surface area (Å²) in [5.41, 5.74) is 6.71. The lowest BCUT2D eigenvalue weighted by molar-refractivity contribution is -0.130. The zero-order chi connectivity index (χ0) is 15.1. The van der Waals surface area contributed by atoms with Gasteiger partial charge in [-0.05, 0) is 41.8 Å². The third-order valence-corrected chi connectivity index (χ3v) is 4.75. The number of unbranched alkanes of at least 4 members (excludes halogenated alkanes) is 3. The maximum absolute atomic E-state index is 12.1. The Hall–Kier alpha value is -1.39. The molecule has 0 unspecified atom stereocenters. The minimum atomic E-state index is 0.234. The Bertz CT molecular complexity index is 579. The average molecular weight is 304 g/mol. The number of hydrogen-bond acceptors (Lipinski definition) is 3. The molecule has 0 aliphatic carbocycles. The lowest BCUT2D eigenvalue weighted by atomic mass is 10.1. The number of nitrogens with zero attached hydrogens (tertiary/aromatic N) is 1. The summed E-state index contributed by atoms with van der Waals surface area (Å²) >= 11 is 1.74. The number of rotatable bonds is 8. The predicted octanol–water partition coefficient (Wildman–Crippen LogP) is 3.77. The van der Waals surface area contributed by atoms with Gasteiger partial charge in [0.15, 0.2) is 0 Å². The predicted molar refractivity (Wildman–Crippen MR) is 90.4 cm³/mol. The second kappa shape index (κ2) is 8.15. The van der Waals surface area contributed by atoms with Crippen molar-refractivity contribution in [2.45, 2.75) is 38.6 Å². The van der Waals surface area contributed by atoms with Crippen LogP contribution in [0.3, 0.4) is 0 Å². The van der Waals surface area contributed by atoms with Gasteiger partial charge >= 0.3 is 0 Å². The molecule has 2 rings (SSSR count). The van der Waals surface area contributed by atoms with Crippen LogP contribution in [0, 0.1) is 0 Å². The van der Waals surface area contributed by atoms with Crippen LogP contribution in [0.15, 0.2) is 29.6 Å². The average Bonchev–Trinajstić information content (AvgIpc) is 2.90. The van der Waals surface area contributed by atoms with Crippen LogP contribution in [-0.2, 0) is 11.3 Å². The molecule has 21 heavy (non-hydrogen) atoms. The molecule has 0 spiro atoms. The van der Waals surface area contributed by atoms with Crippen LogP contribution in [0.2, 0.25) is 0 Å². The van der Waals surface area contributed by atoms with E-state index in [1.54, 1.807) is 11.3 Å². The molecule has 4 heteroatoms. The summed E-state index contributed by atoms with van der Waals surface area (Å²) in [6.07, 6.45) is 4.89. The van der Waals surface area contributed by atoms with Gasteiger partial charge in [-0.2, -0.15) is 0 Å². The first-order valence-corrected chi connectivity index (χ1v) is 8.49. The molecule has 0 saturated heterocycles. The van der Waals surface area contributed by atoms with Crippen molar-refractivity contribution in [1.82, 2.24) is 4.90 Å². The maximum Gasteiger partial charge on any atom is 0.222 e. The number of amides is 1. The molecule has 0 fully saturated rings. The van der Waals surface area contributed by atoms with Crippen LogP contribution < -0.4 is 5.73 Å². The smallest absolute Gasteiger partial charge is 0.222 e. The summed E-state index contributed by atoms with van der Waals surface area (Å²) in [7, 11) is 1.90. The monoisotopic (exact) mass is 304 g/mol. The highest BCUT2D eigenvalue weighted by atomic mass is 32.1. The first kappa shape index (κ1) is 16.0. The maximum atomic E-state index is 12.1. The van der Waals surface area contributed by atoms with Crippen LogP contribution in [0.5, 0.6) is 0 Å². The van der Waals surface area contributed by atoms with E-state index in [2.05, 4.69) is 29.6 Å². The summed E-state index contributed by atoms with van der Waals surface area (Å²) in [6, 6.07) is 8.37. The van der Waals surface area contributed by atoms with E-state index in [0.717, 1.165) is 32.2 Å². The first-order chi connectivity index (χ1) is 10.2. The highest BCUT2D eigenvalue weighted by molar-refractivity contribution is 7.17. The number of hydrogen-bond donors (Lipinski definition) is 1. The molecule has 1 aromatic carbocycles. The molecule has 3 nitrogen and oxygen atoms in total. The number of nitrogens with two attached hydrogens (primary N) is 1. The van der Waals surface area contributed by atoms with Gasteiger partial charge in [-0.15, -0.1) is 11.3 Å². The molecule has 1 heterocycles. The fourth-order valence-corrected chi connectivity index (χ4v) is 3.42. The molecule has 1 amide bonds. The van der Waals surface area contributed by atoms with Crippen molar-refractivity contribution in [2.24, 2.45) is 5.73 Å². The Morgan fingerprint density at radius 2 is 1.95 bits per heavy atom. The van der Waals surface area contributed by atoms with Crippen molar-refractivity contribution in [2.75, 3.05) is 13.6 Å². The van der Waals surface area contributed by atoms with Crippen LogP contribution >= 0.6 is 11.3 Å². The minimum absolute atomic E-state index is 0.234. The molecular formula is C17H24N2OS. The lowest BCUT2D eigenvalue weighted by Gasteiger charge is -2.17. The molecule has 114 valence electrons. The van der Waals surface area contributed by atoms with Crippen molar-refractivity contribution in [1.29, 1.82) is 0 Å². The Morgan fingerprint density at radius 1 is 1.19 bits per heavy atom. The van der Waals surface area contributed by atoms with Gasteiger partial charge < -0.3 is 10.6 Å². The van der Waals surface area contributed by atoms with Gasteiger partial charge in [-0.3, -0.25) is 4.79 Å². The van der Waals surface area contributed by atoms with Gasteiger partial charge in [-0.25, -0.2) is 0 Å². The second-order valence-corrected chi connectivity index (χ2v) is 6.37. The molecule has 0 bridgehead atoms. The molecule has 0 atom stereocenters. The Balaban J connectivity index is 1.83. The van der Waals surface area contributed by atoms with Crippen molar-refractivity contribution < 1.29 is 4.79 Å². The van der Waals surface area contributed by atoms with Gasteiger partial charge in [0.25, 0.3) is 0 Å². The Labute approximate surface area is 130 Å². The van der Waals surface area contributed by atoms with Gasteiger partial charge in [0.05, 0.1) is 0 Å². The second-order valence-electron chi connectivity index (χ2n) is 5.46. The van der Waals surface area contributed by atoms with E-state index in [9.17, 15) is 4.79 Å². The van der Waals surface area contributed by atoms with E-state index in [-0.39, 0.29) is 5.91 Å². The molecule has 0 aliphatic heterocycles. The summed E-state index contributed by atoms with van der Waals surface area (Å²) in [6.45, 7) is 1.45. The summed E-state index contributed by atoms with van der Waals surface area (Å²) < 4.78 is 1.29. The fourth-order valence-electron chi connectivity index (χ4n) is 2.46. The van der Waals surface area contributed by atoms with Gasteiger partial charge in [0.2, 0.25) is 5.91 Å². The SMILES string of the molecule is CN(Cc1csc2ccccc12)C(=O)CCCCCCN. The van der Waals surface area contributed by atoms with E-state index in [0.29, 0.717) is 13.0 Å². The molecule has 2 N–H and O–H groups in total. The first-order valence-electron chi connectivity index (χ1n) is 7.61. The molecule has 2 aromatic rings. The third-order valence-electron chi connectivity index (χ3n) is 3.74. The normalized spacial score (nSPS) is 11.0. The largest absolute Gasteiger partial charge is 0.341 e. The molecule has 1 aromatic heterocycles. The fraction of sp³-hybridized carbons (Fsp3) is 0.471. The van der Waals surface area contributed by atoms with E-state index in [1.807, 2.05) is 11.9 Å². The summed E-state index contributed by atoms with van der Waals surface area (Å²) in [4.78, 5) is 14.0. The van der Waals surface area contributed by atoms with Gasteiger partial charge in [0.1, 0.15) is 0 Å². The summed E-state index contributed by atoms with van der Waals surface area (Å²) in [5.74, 6) is 0.234. The van der Waals surface area contributed by atoms with Crippen molar-refractivity contribution in [3.63, 3.8) is 0 Å². The number of fused-ring (bicyclic) bond motifs is 1. The van der Waals surface area contributed by atoms with Crippen molar-refractivity contribution in [3.8, 4) is 0 Å². The molecule has 0 saturated carbocycles. The third kappa shape index (κ3) is 4.55. The van der Waals surface area contributed by atoms with Crippen LogP contribution in [0.4, 0.5) is 0 Å². The van der Waals surface area contributed by atoms with Crippen LogP contribution in [0.1, 0.15) is 37.7 Å². The highest BCUT2D eigenvalue weighted by Crippen LogP contribution is 2.26. The van der Waals surface area contributed by atoms with Crippen molar-refractivity contribution >= 4 is 27.3 Å². The number of carbonyl (C=O) groups excluding carboxylic acids is 1. The van der Waals surface area contributed by atoms with Crippen LogP contribution in [-0.4, -0.2) is 24.4 Å². The lowest BCUT2D eigenvalue weighted by Crippen LogP contribution is -2.25. The van der Waals surface area contributed by atoms with E-state index in [1.165, 1.54) is 15.6 Å². The molecule has 0 aliphatic rings. The Morgan fingerprint density at radius 3 is 2.76 bits per heavy atom. The number of benzene rings is 1. The topological polar surface area (TPSA) is 46.3 Å². The van der Waals surface area contributed by atoms with Crippen LogP contribution in [0.25, 0.3) is 10.1 Å². The molecular weight excluding hydrogens is 280 g/mol. The summed E-state index contributed by atoms with van der Waals surface area (Å²) in [5, 5.41) is 3.43. The van der Waals surface area contributed by atoms with Gasteiger partial charge in [0, 0.05) is 24.7 Å². The van der Waals surface area contributed by atoms with E-state index < -0.39 is 0 Å². The van der Waals surface area contributed by atoms with Gasteiger partial charge in [-0.1, -0.05) is 31.0 Å². The Kier molecular flexibility index (Phi) is 6.21. The number of carbonyl (C=O) groups is 1. The number of thiophene rings is 1. The zero-order valence-corrected chi connectivity index (χ0v) is 13.5. The highest BCUT2D eigenvalue weighted by Gasteiger charge is 2.11.